The summed E-state index contributed by atoms with van der Waals surface area (Å²) in [5, 5.41) is 11.1. The number of fused-ring (bicyclic) bond motifs is 6. The first-order valence-electron chi connectivity index (χ1n) is 11.0. The van der Waals surface area contributed by atoms with Gasteiger partial charge in [-0.2, -0.15) is 0 Å². The van der Waals surface area contributed by atoms with Crippen molar-refractivity contribution in [3.05, 3.63) is 11.6 Å². The molecule has 2 bridgehead atoms. The molecule has 0 aromatic rings. The second kappa shape index (κ2) is 6.48. The second-order valence-corrected chi connectivity index (χ2v) is 10.1. The molecule has 6 heteroatoms. The lowest BCUT2D eigenvalue weighted by molar-refractivity contribution is -0.163. The first kappa shape index (κ1) is 19.4. The summed E-state index contributed by atoms with van der Waals surface area (Å²) in [6, 6.07) is 0. The van der Waals surface area contributed by atoms with Gasteiger partial charge >= 0.3 is 5.97 Å². The predicted octanol–water partition coefficient (Wildman–Crippen LogP) is 2.57. The van der Waals surface area contributed by atoms with Crippen molar-refractivity contribution in [2.45, 2.75) is 71.2 Å². The zero-order valence-electron chi connectivity index (χ0n) is 17.2. The molecule has 5 aliphatic rings. The predicted molar refractivity (Wildman–Crippen MR) is 102 cm³/mol. The number of ether oxygens (including phenoxy) is 2. The van der Waals surface area contributed by atoms with Gasteiger partial charge in [0.2, 0.25) is 0 Å². The van der Waals surface area contributed by atoms with Crippen molar-refractivity contribution in [1.82, 2.24) is 0 Å². The summed E-state index contributed by atoms with van der Waals surface area (Å²) in [7, 11) is 0. The Labute approximate surface area is 171 Å². The Morgan fingerprint density at radius 2 is 2.07 bits per heavy atom. The number of hydrogen-bond donors (Lipinski definition) is 1. The molecule has 4 fully saturated rings. The molecule has 158 valence electrons. The highest BCUT2D eigenvalue weighted by Crippen LogP contribution is 2.71. The second-order valence-electron chi connectivity index (χ2n) is 10.1. The van der Waals surface area contributed by atoms with E-state index < -0.39 is 17.7 Å². The quantitative estimate of drug-likeness (QED) is 0.730. The average Bonchev–Trinajstić information content (AvgIpc) is 3.19. The molecule has 0 aromatic carbocycles. The Kier molecular flexibility index (Phi) is 4.34. The van der Waals surface area contributed by atoms with Crippen molar-refractivity contribution < 1.29 is 29.0 Å². The molecular weight excluding hydrogens is 372 g/mol. The highest BCUT2D eigenvalue weighted by atomic mass is 16.6. The Morgan fingerprint density at radius 1 is 1.28 bits per heavy atom. The number of rotatable bonds is 3. The van der Waals surface area contributed by atoms with Crippen LogP contribution in [0.3, 0.4) is 0 Å². The number of carbonyl (C=O) groups is 3. The van der Waals surface area contributed by atoms with E-state index in [0.717, 1.165) is 32.1 Å². The summed E-state index contributed by atoms with van der Waals surface area (Å²) < 4.78 is 11.2. The fourth-order valence-electron chi connectivity index (χ4n) is 7.96. The molecule has 1 N–H and O–H groups in total. The number of ketones is 2. The van der Waals surface area contributed by atoms with Gasteiger partial charge in [-0.1, -0.05) is 12.5 Å². The van der Waals surface area contributed by atoms with Gasteiger partial charge in [0.1, 0.15) is 6.61 Å². The van der Waals surface area contributed by atoms with E-state index >= 15 is 0 Å². The first-order valence-corrected chi connectivity index (χ1v) is 11.0. The van der Waals surface area contributed by atoms with Crippen LogP contribution in [-0.4, -0.2) is 41.6 Å². The summed E-state index contributed by atoms with van der Waals surface area (Å²) in [6.45, 7) is 3.37. The maximum atomic E-state index is 12.9. The SMILES string of the molecule is CC(=O)OCC(=O)[C@H]1CC[C@H]2[C@@H]3CCC4=CC(=O)CC[C@]4(C)[C@H]3[C@H]3C[C@]12[C@@H](O)O3. The van der Waals surface area contributed by atoms with E-state index in [1.807, 2.05) is 6.08 Å². The highest BCUT2D eigenvalue weighted by Gasteiger charge is 2.71. The van der Waals surface area contributed by atoms with Crippen LogP contribution in [0, 0.1) is 34.5 Å². The minimum atomic E-state index is -0.946. The highest BCUT2D eigenvalue weighted by molar-refractivity contribution is 5.91. The normalized spacial score (nSPS) is 47.7. The van der Waals surface area contributed by atoms with Crippen molar-refractivity contribution in [3.63, 3.8) is 0 Å². The van der Waals surface area contributed by atoms with Gasteiger partial charge < -0.3 is 14.6 Å². The molecule has 8 atom stereocenters. The van der Waals surface area contributed by atoms with Crippen LogP contribution in [0.1, 0.15) is 58.8 Å². The van der Waals surface area contributed by atoms with E-state index in [-0.39, 0.29) is 47.4 Å². The lowest BCUT2D eigenvalue weighted by Gasteiger charge is -2.57. The third kappa shape index (κ3) is 2.57. The van der Waals surface area contributed by atoms with Crippen molar-refractivity contribution in [2.24, 2.45) is 34.5 Å². The van der Waals surface area contributed by atoms with Gasteiger partial charge in [0.15, 0.2) is 17.9 Å². The Morgan fingerprint density at radius 3 is 2.83 bits per heavy atom. The zero-order valence-corrected chi connectivity index (χ0v) is 17.2. The fourth-order valence-corrected chi connectivity index (χ4v) is 7.96. The molecule has 4 aliphatic carbocycles. The molecule has 3 saturated carbocycles. The van der Waals surface area contributed by atoms with Crippen LogP contribution < -0.4 is 0 Å². The summed E-state index contributed by atoms with van der Waals surface area (Å²) >= 11 is 0. The zero-order chi connectivity index (χ0) is 20.6. The first-order chi connectivity index (χ1) is 13.8. The maximum Gasteiger partial charge on any atom is 0.303 e. The monoisotopic (exact) mass is 402 g/mol. The number of hydrogen-bond acceptors (Lipinski definition) is 6. The molecule has 1 aliphatic heterocycles. The minimum absolute atomic E-state index is 0.0580. The minimum Gasteiger partial charge on any atom is -0.458 e. The van der Waals surface area contributed by atoms with Crippen LogP contribution >= 0.6 is 0 Å². The average molecular weight is 402 g/mol. The van der Waals surface area contributed by atoms with Crippen LogP contribution in [-0.2, 0) is 23.9 Å². The number of allylic oxidation sites excluding steroid dienone is 1. The van der Waals surface area contributed by atoms with Crippen LogP contribution in [0.15, 0.2) is 11.6 Å². The topological polar surface area (TPSA) is 89.9 Å². The molecule has 0 radical (unpaired) electrons. The largest absolute Gasteiger partial charge is 0.458 e. The number of esters is 1. The lowest BCUT2D eigenvalue weighted by Crippen LogP contribution is -2.55. The van der Waals surface area contributed by atoms with Crippen LogP contribution in [0.5, 0.6) is 0 Å². The van der Waals surface area contributed by atoms with Gasteiger partial charge in [0, 0.05) is 24.7 Å². The van der Waals surface area contributed by atoms with Crippen LogP contribution in [0.25, 0.3) is 0 Å². The smallest absolute Gasteiger partial charge is 0.303 e. The van der Waals surface area contributed by atoms with E-state index in [4.69, 9.17) is 9.47 Å². The molecular formula is C23H30O6. The maximum absolute atomic E-state index is 12.9. The Bertz CT molecular complexity index is 801. The molecule has 0 aromatic heterocycles. The molecule has 0 amide bonds. The van der Waals surface area contributed by atoms with Crippen LogP contribution in [0.4, 0.5) is 0 Å². The molecule has 1 heterocycles. The summed E-state index contributed by atoms with van der Waals surface area (Å²) in [6.07, 6.45) is 6.49. The van der Waals surface area contributed by atoms with Crippen molar-refractivity contribution in [2.75, 3.05) is 6.61 Å². The fraction of sp³-hybridized carbons (Fsp3) is 0.783. The number of Topliss-reactive ketones (excluding diaryl/α,β-unsaturated/α-hetero) is 1. The number of aliphatic hydroxyl groups excluding tert-OH is 1. The van der Waals surface area contributed by atoms with Crippen molar-refractivity contribution in [1.29, 1.82) is 0 Å². The van der Waals surface area contributed by atoms with Crippen LogP contribution in [0.2, 0.25) is 0 Å². The third-order valence-corrected chi connectivity index (χ3v) is 9.05. The molecule has 0 unspecified atom stereocenters. The molecule has 29 heavy (non-hydrogen) atoms. The van der Waals surface area contributed by atoms with E-state index in [2.05, 4.69) is 6.92 Å². The van der Waals surface area contributed by atoms with Crippen molar-refractivity contribution >= 4 is 17.5 Å². The van der Waals surface area contributed by atoms with Gasteiger partial charge in [0.05, 0.1) is 6.10 Å². The van der Waals surface area contributed by atoms with Gasteiger partial charge in [0.25, 0.3) is 0 Å². The molecule has 1 saturated heterocycles. The van der Waals surface area contributed by atoms with Gasteiger partial charge in [-0.05, 0) is 67.8 Å². The standard InChI is InChI=1S/C23H30O6/c1-12(24)28-11-18(26)17-6-5-16-15-4-3-13-9-14(25)7-8-22(13,2)20(15)19-10-23(16,17)21(27)29-19/h9,15-17,19-21,27H,3-8,10-11H2,1-2H3/t15-,16-,17+,19+,20+,21-,22-,23+/m0/s1. The van der Waals surface area contributed by atoms with Gasteiger partial charge in [-0.25, -0.2) is 0 Å². The Hall–Kier alpha value is -1.53. The number of aliphatic hydroxyl groups is 1. The van der Waals surface area contributed by atoms with E-state index in [0.29, 0.717) is 18.8 Å². The summed E-state index contributed by atoms with van der Waals surface area (Å²) in [5.41, 5.74) is 0.649. The van der Waals surface area contributed by atoms with Gasteiger partial charge in [-0.15, -0.1) is 0 Å². The third-order valence-electron chi connectivity index (χ3n) is 9.05. The Balaban J connectivity index is 1.48. The van der Waals surface area contributed by atoms with Crippen molar-refractivity contribution in [3.8, 4) is 0 Å². The van der Waals surface area contributed by atoms with E-state index in [1.54, 1.807) is 0 Å². The summed E-state index contributed by atoms with van der Waals surface area (Å²) in [4.78, 5) is 36.1. The molecule has 6 nitrogen and oxygen atoms in total. The van der Waals surface area contributed by atoms with Gasteiger partial charge in [-0.3, -0.25) is 14.4 Å². The number of carbonyl (C=O) groups excluding carboxylic acids is 3. The molecule has 5 rings (SSSR count). The molecule has 1 spiro atoms. The summed E-state index contributed by atoms with van der Waals surface area (Å²) in [5.74, 6) is 0.289. The van der Waals surface area contributed by atoms with E-state index in [9.17, 15) is 19.5 Å². The lowest BCUT2D eigenvalue weighted by atomic mass is 9.46. The van der Waals surface area contributed by atoms with E-state index in [1.165, 1.54) is 12.5 Å².